The van der Waals surface area contributed by atoms with Crippen LogP contribution < -0.4 is 10.1 Å². The van der Waals surface area contributed by atoms with E-state index in [0.29, 0.717) is 30.9 Å². The zero-order chi connectivity index (χ0) is 22.9. The third kappa shape index (κ3) is 4.08. The Bertz CT molecular complexity index is 1100. The highest BCUT2D eigenvalue weighted by Crippen LogP contribution is 2.30. The molecule has 1 N–H and O–H groups in total. The van der Waals surface area contributed by atoms with Gasteiger partial charge in [-0.1, -0.05) is 0 Å². The number of amides is 4. The number of aromatic nitrogens is 1. The standard InChI is InChI=1S/C23H24N4O6/c28-20-7-6-18(21(29)25-20)27-11-14-9-16(4-5-17(14)22(27)30)32-12-15-3-1-2-8-26(15)23(31)19-10-24-13-33-19/h4-5,9-10,13,15,18H,1-3,6-8,11-12H2,(H,25,28,29)/t15-,18?/m1/s1. The van der Waals surface area contributed by atoms with Crippen LogP contribution >= 0.6 is 0 Å². The monoisotopic (exact) mass is 452 g/mol. The summed E-state index contributed by atoms with van der Waals surface area (Å²) in [5, 5.41) is 2.31. The number of carbonyl (C=O) groups excluding carboxylic acids is 4. The molecule has 2 saturated heterocycles. The van der Waals surface area contributed by atoms with E-state index in [1.54, 1.807) is 17.0 Å². The molecular formula is C23H24N4O6. The van der Waals surface area contributed by atoms with Gasteiger partial charge in [-0.2, -0.15) is 0 Å². The van der Waals surface area contributed by atoms with E-state index in [1.807, 2.05) is 6.07 Å². The molecule has 0 bridgehead atoms. The van der Waals surface area contributed by atoms with Crippen LogP contribution in [0.3, 0.4) is 0 Å². The van der Waals surface area contributed by atoms with Crippen LogP contribution in [-0.4, -0.2) is 63.6 Å². The number of likely N-dealkylation sites (tertiary alicyclic amines) is 1. The fourth-order valence-electron chi connectivity index (χ4n) is 4.74. The average molecular weight is 452 g/mol. The van der Waals surface area contributed by atoms with Crippen molar-refractivity contribution in [3.8, 4) is 5.75 Å². The Morgan fingerprint density at radius 2 is 2.09 bits per heavy atom. The van der Waals surface area contributed by atoms with Crippen molar-refractivity contribution in [2.45, 2.75) is 50.7 Å². The zero-order valence-corrected chi connectivity index (χ0v) is 18.0. The smallest absolute Gasteiger partial charge is 0.291 e. The van der Waals surface area contributed by atoms with Gasteiger partial charge in [0.15, 0.2) is 6.39 Å². The highest BCUT2D eigenvalue weighted by Gasteiger charge is 2.39. The van der Waals surface area contributed by atoms with Crippen LogP contribution in [-0.2, 0) is 16.1 Å². The number of hydrogen-bond donors (Lipinski definition) is 1. The molecule has 3 aliphatic heterocycles. The molecule has 1 unspecified atom stereocenters. The van der Waals surface area contributed by atoms with Gasteiger partial charge in [0.25, 0.3) is 11.8 Å². The van der Waals surface area contributed by atoms with Gasteiger partial charge in [-0.3, -0.25) is 24.5 Å². The molecule has 0 radical (unpaired) electrons. The molecule has 2 aromatic rings. The average Bonchev–Trinajstić information content (AvgIpc) is 3.46. The Balaban J connectivity index is 1.25. The normalized spacial score (nSPS) is 22.8. The molecule has 2 fully saturated rings. The lowest BCUT2D eigenvalue weighted by atomic mass is 10.0. The number of nitrogens with one attached hydrogen (secondary N) is 1. The van der Waals surface area contributed by atoms with Crippen molar-refractivity contribution in [1.29, 1.82) is 0 Å². The van der Waals surface area contributed by atoms with Gasteiger partial charge < -0.3 is 19.0 Å². The molecule has 10 heteroatoms. The summed E-state index contributed by atoms with van der Waals surface area (Å²) in [6.07, 6.45) is 5.96. The quantitative estimate of drug-likeness (QED) is 0.683. The first-order valence-corrected chi connectivity index (χ1v) is 11.1. The molecule has 0 spiro atoms. The van der Waals surface area contributed by atoms with Crippen LogP contribution in [0, 0.1) is 0 Å². The van der Waals surface area contributed by atoms with Crippen LogP contribution in [0.15, 0.2) is 35.2 Å². The molecule has 4 heterocycles. The summed E-state index contributed by atoms with van der Waals surface area (Å²) >= 11 is 0. The lowest BCUT2D eigenvalue weighted by Crippen LogP contribution is -2.52. The minimum Gasteiger partial charge on any atom is -0.491 e. The van der Waals surface area contributed by atoms with Crippen LogP contribution in [0.5, 0.6) is 5.75 Å². The summed E-state index contributed by atoms with van der Waals surface area (Å²) < 4.78 is 11.2. The fourth-order valence-corrected chi connectivity index (χ4v) is 4.74. The summed E-state index contributed by atoms with van der Waals surface area (Å²) in [5.41, 5.74) is 1.31. The van der Waals surface area contributed by atoms with Gasteiger partial charge in [-0.15, -0.1) is 0 Å². The second kappa shape index (κ2) is 8.68. The lowest BCUT2D eigenvalue weighted by Gasteiger charge is -2.34. The van der Waals surface area contributed by atoms with Crippen LogP contribution in [0.2, 0.25) is 0 Å². The fraction of sp³-hybridized carbons (Fsp3) is 0.435. The van der Waals surface area contributed by atoms with Crippen molar-refractivity contribution in [1.82, 2.24) is 20.1 Å². The predicted molar refractivity (Wildman–Crippen MR) is 113 cm³/mol. The predicted octanol–water partition coefficient (Wildman–Crippen LogP) is 1.51. The highest BCUT2D eigenvalue weighted by molar-refractivity contribution is 6.05. The van der Waals surface area contributed by atoms with E-state index >= 15 is 0 Å². The van der Waals surface area contributed by atoms with Crippen molar-refractivity contribution in [3.05, 3.63) is 47.7 Å². The molecule has 0 aliphatic carbocycles. The van der Waals surface area contributed by atoms with Crippen LogP contribution in [0.1, 0.15) is 58.6 Å². The second-order valence-electron chi connectivity index (χ2n) is 8.54. The second-order valence-corrected chi connectivity index (χ2v) is 8.54. The van der Waals surface area contributed by atoms with Crippen LogP contribution in [0.4, 0.5) is 0 Å². The van der Waals surface area contributed by atoms with Crippen molar-refractivity contribution >= 4 is 23.6 Å². The van der Waals surface area contributed by atoms with E-state index in [9.17, 15) is 19.2 Å². The topological polar surface area (TPSA) is 122 Å². The van der Waals surface area contributed by atoms with Crippen molar-refractivity contribution < 1.29 is 28.3 Å². The van der Waals surface area contributed by atoms with E-state index in [2.05, 4.69) is 10.3 Å². The third-order valence-electron chi connectivity index (χ3n) is 6.47. The maximum atomic E-state index is 12.8. The number of nitrogens with zero attached hydrogens (tertiary/aromatic N) is 3. The number of imide groups is 1. The van der Waals surface area contributed by atoms with Gasteiger partial charge in [0.05, 0.1) is 12.2 Å². The molecule has 2 atom stereocenters. The Hall–Kier alpha value is -3.69. The first-order valence-electron chi connectivity index (χ1n) is 11.1. The molecule has 5 rings (SSSR count). The number of benzene rings is 1. The highest BCUT2D eigenvalue weighted by atomic mass is 16.5. The van der Waals surface area contributed by atoms with E-state index in [1.165, 1.54) is 17.5 Å². The van der Waals surface area contributed by atoms with Gasteiger partial charge >= 0.3 is 0 Å². The van der Waals surface area contributed by atoms with Gasteiger partial charge in [-0.25, -0.2) is 4.98 Å². The number of oxazole rings is 1. The molecule has 3 aliphatic rings. The lowest BCUT2D eigenvalue weighted by molar-refractivity contribution is -0.136. The molecule has 4 amide bonds. The molecule has 0 saturated carbocycles. The molecule has 33 heavy (non-hydrogen) atoms. The molecular weight excluding hydrogens is 428 g/mol. The number of rotatable bonds is 5. The van der Waals surface area contributed by atoms with E-state index in [0.717, 1.165) is 24.8 Å². The van der Waals surface area contributed by atoms with Gasteiger partial charge in [0.1, 0.15) is 18.4 Å². The first kappa shape index (κ1) is 21.2. The summed E-state index contributed by atoms with van der Waals surface area (Å²) in [5.74, 6) is -0.342. The summed E-state index contributed by atoms with van der Waals surface area (Å²) in [7, 11) is 0. The van der Waals surface area contributed by atoms with Gasteiger partial charge in [0, 0.05) is 25.1 Å². The number of ether oxygens (including phenoxy) is 1. The summed E-state index contributed by atoms with van der Waals surface area (Å²) in [6, 6.07) is 4.51. The van der Waals surface area contributed by atoms with E-state index < -0.39 is 11.9 Å². The Morgan fingerprint density at radius 3 is 2.88 bits per heavy atom. The molecule has 1 aromatic carbocycles. The van der Waals surface area contributed by atoms with Crippen molar-refractivity contribution in [3.63, 3.8) is 0 Å². The molecule has 1 aromatic heterocycles. The molecule has 172 valence electrons. The van der Waals surface area contributed by atoms with Gasteiger partial charge in [0.2, 0.25) is 17.6 Å². The minimum atomic E-state index is -0.648. The number of fused-ring (bicyclic) bond motifs is 1. The summed E-state index contributed by atoms with van der Waals surface area (Å²) in [4.78, 5) is 56.3. The van der Waals surface area contributed by atoms with E-state index in [-0.39, 0.29) is 42.5 Å². The maximum absolute atomic E-state index is 12.8. The maximum Gasteiger partial charge on any atom is 0.291 e. The minimum absolute atomic E-state index is 0.0915. The third-order valence-corrected chi connectivity index (χ3v) is 6.47. The number of piperidine rings is 2. The Labute approximate surface area is 189 Å². The van der Waals surface area contributed by atoms with E-state index in [4.69, 9.17) is 9.15 Å². The van der Waals surface area contributed by atoms with Crippen molar-refractivity contribution in [2.24, 2.45) is 0 Å². The van der Waals surface area contributed by atoms with Crippen molar-refractivity contribution in [2.75, 3.05) is 13.2 Å². The summed E-state index contributed by atoms with van der Waals surface area (Å²) in [6.45, 7) is 1.24. The first-order chi connectivity index (χ1) is 16.0. The Morgan fingerprint density at radius 1 is 1.21 bits per heavy atom. The Kier molecular flexibility index (Phi) is 5.57. The molecule has 10 nitrogen and oxygen atoms in total. The zero-order valence-electron chi connectivity index (χ0n) is 18.0. The number of hydrogen-bond acceptors (Lipinski definition) is 7. The van der Waals surface area contributed by atoms with Crippen LogP contribution in [0.25, 0.3) is 0 Å². The SMILES string of the molecule is O=C1CCC(N2Cc3cc(OC[C@H]4CCCCN4C(=O)c4cnco4)ccc3C2=O)C(=O)N1. The number of carbonyl (C=O) groups is 4. The largest absolute Gasteiger partial charge is 0.491 e. The van der Waals surface area contributed by atoms with Gasteiger partial charge in [-0.05, 0) is 49.4 Å².